The van der Waals surface area contributed by atoms with E-state index in [-0.39, 0.29) is 22.9 Å². The van der Waals surface area contributed by atoms with Gasteiger partial charge in [0.15, 0.2) is 5.65 Å². The molecule has 0 unspecified atom stereocenters. The summed E-state index contributed by atoms with van der Waals surface area (Å²) < 4.78 is 24.7. The van der Waals surface area contributed by atoms with Gasteiger partial charge in [-0.3, -0.25) is 4.79 Å². The number of aryl methyl sites for hydroxylation is 1. The molecule has 4 aromatic rings. The Bertz CT molecular complexity index is 1350. The Morgan fingerprint density at radius 2 is 1.83 bits per heavy atom. The predicted molar refractivity (Wildman–Crippen MR) is 116 cm³/mol. The maximum atomic E-state index is 12.4. The van der Waals surface area contributed by atoms with Gasteiger partial charge < -0.3 is 4.57 Å². The number of rotatable bonds is 7. The number of ketones is 1. The fourth-order valence-electron chi connectivity index (χ4n) is 3.29. The van der Waals surface area contributed by atoms with E-state index in [1.165, 1.54) is 23.9 Å². The van der Waals surface area contributed by atoms with Gasteiger partial charge in [0, 0.05) is 18.4 Å². The summed E-state index contributed by atoms with van der Waals surface area (Å²) in [6.07, 6.45) is 0.183. The average Bonchev–Trinajstić information content (AvgIpc) is 3.05. The lowest BCUT2D eigenvalue weighted by atomic mass is 10.1. The number of Topliss-reactive ketones (excluding diaryl/α,β-unsaturated/α-hetero) is 1. The highest BCUT2D eigenvalue weighted by atomic mass is 32.2. The Balaban J connectivity index is 1.48. The van der Waals surface area contributed by atoms with Gasteiger partial charge in [0.1, 0.15) is 11.3 Å². The largest absolute Gasteiger partial charge is 0.324 e. The van der Waals surface area contributed by atoms with Gasteiger partial charge in [-0.05, 0) is 30.7 Å². The van der Waals surface area contributed by atoms with E-state index in [1.54, 1.807) is 12.1 Å². The van der Waals surface area contributed by atoms with Crippen LogP contribution in [0, 0.1) is 0 Å². The van der Waals surface area contributed by atoms with Gasteiger partial charge in [0.05, 0.1) is 16.2 Å². The lowest BCUT2D eigenvalue weighted by Gasteiger charge is -2.04. The van der Waals surface area contributed by atoms with E-state index in [9.17, 15) is 13.2 Å². The van der Waals surface area contributed by atoms with Crippen molar-refractivity contribution >= 4 is 49.6 Å². The van der Waals surface area contributed by atoms with E-state index < -0.39 is 10.0 Å². The van der Waals surface area contributed by atoms with Crippen molar-refractivity contribution in [2.75, 3.05) is 5.75 Å². The summed E-state index contributed by atoms with van der Waals surface area (Å²) in [4.78, 5) is 17.0. The summed E-state index contributed by atoms with van der Waals surface area (Å²) in [7, 11) is -3.74. The molecule has 2 aromatic carbocycles. The monoisotopic (exact) mass is 441 g/mol. The molecule has 10 heteroatoms. The fraction of sp³-hybridized carbons (Fsp3) is 0.200. The second-order valence-electron chi connectivity index (χ2n) is 6.72. The first-order valence-corrected chi connectivity index (χ1v) is 11.8. The maximum absolute atomic E-state index is 12.4. The number of benzene rings is 2. The van der Waals surface area contributed by atoms with Crippen molar-refractivity contribution in [2.45, 2.75) is 29.9 Å². The van der Waals surface area contributed by atoms with Crippen LogP contribution in [0.1, 0.15) is 12.5 Å². The number of carbonyl (C=O) groups excluding carboxylic acids is 1. The molecule has 0 fully saturated rings. The first kappa shape index (κ1) is 20.5. The van der Waals surface area contributed by atoms with Crippen LogP contribution in [0.4, 0.5) is 0 Å². The zero-order valence-corrected chi connectivity index (χ0v) is 17.8. The van der Waals surface area contributed by atoms with Gasteiger partial charge in [0.25, 0.3) is 0 Å². The first-order chi connectivity index (χ1) is 14.4. The fourth-order valence-corrected chi connectivity index (χ4v) is 4.45. The molecule has 0 saturated heterocycles. The molecular formula is C20H19N5O3S2. The van der Waals surface area contributed by atoms with Crippen LogP contribution in [-0.4, -0.2) is 39.7 Å². The van der Waals surface area contributed by atoms with Crippen LogP contribution in [0.15, 0.2) is 58.6 Å². The molecule has 0 spiro atoms. The summed E-state index contributed by atoms with van der Waals surface area (Å²) in [5, 5.41) is 15.0. The smallest absolute Gasteiger partial charge is 0.238 e. The first-order valence-electron chi connectivity index (χ1n) is 9.24. The van der Waals surface area contributed by atoms with E-state index in [4.69, 9.17) is 5.14 Å². The normalized spacial score (nSPS) is 11.9. The minimum absolute atomic E-state index is 0.0205. The molecule has 2 aromatic heterocycles. The number of hydrogen-bond donors (Lipinski definition) is 1. The molecule has 0 bridgehead atoms. The van der Waals surface area contributed by atoms with Crippen LogP contribution in [0.2, 0.25) is 0 Å². The number of thioether (sulfide) groups is 1. The molecule has 0 radical (unpaired) electrons. The molecule has 4 rings (SSSR count). The number of nitrogens with two attached hydrogens (primary N) is 1. The summed E-state index contributed by atoms with van der Waals surface area (Å²) in [5.74, 6) is 0.166. The van der Waals surface area contributed by atoms with Crippen molar-refractivity contribution in [3.63, 3.8) is 0 Å². The Hall–Kier alpha value is -2.82. The van der Waals surface area contributed by atoms with E-state index in [1.807, 2.05) is 31.2 Å². The van der Waals surface area contributed by atoms with Crippen LogP contribution < -0.4 is 5.14 Å². The van der Waals surface area contributed by atoms with Crippen molar-refractivity contribution in [3.8, 4) is 0 Å². The van der Waals surface area contributed by atoms with Gasteiger partial charge in [-0.25, -0.2) is 18.5 Å². The van der Waals surface area contributed by atoms with Crippen LogP contribution >= 0.6 is 11.8 Å². The van der Waals surface area contributed by atoms with Gasteiger partial charge >= 0.3 is 0 Å². The van der Waals surface area contributed by atoms with Gasteiger partial charge in [-0.2, -0.15) is 0 Å². The molecular weight excluding hydrogens is 422 g/mol. The third-order valence-electron chi connectivity index (χ3n) is 4.69. The molecule has 2 N–H and O–H groups in total. The topological polar surface area (TPSA) is 121 Å². The van der Waals surface area contributed by atoms with Crippen molar-refractivity contribution in [3.05, 3.63) is 54.1 Å². The second kappa shape index (κ2) is 8.13. The molecule has 0 aliphatic heterocycles. The molecule has 2 heterocycles. The maximum Gasteiger partial charge on any atom is 0.238 e. The SMILES string of the molecule is CCn1c2ccccc2c2nnc(SCC(=O)Cc3ccc(S(N)(=O)=O)cc3)nc21. The Morgan fingerprint density at radius 3 is 2.53 bits per heavy atom. The van der Waals surface area contributed by atoms with Gasteiger partial charge in [0.2, 0.25) is 15.2 Å². The van der Waals surface area contributed by atoms with Crippen LogP contribution in [0.25, 0.3) is 22.1 Å². The Kier molecular flexibility index (Phi) is 5.54. The van der Waals surface area contributed by atoms with Gasteiger partial charge in [-0.1, -0.05) is 42.1 Å². The minimum Gasteiger partial charge on any atom is -0.324 e. The molecule has 8 nitrogen and oxygen atoms in total. The number of sulfonamides is 1. The zero-order valence-electron chi connectivity index (χ0n) is 16.1. The van der Waals surface area contributed by atoms with E-state index in [0.29, 0.717) is 10.7 Å². The number of hydrogen-bond acceptors (Lipinski definition) is 7. The van der Waals surface area contributed by atoms with Gasteiger partial charge in [-0.15, -0.1) is 10.2 Å². The van der Waals surface area contributed by atoms with Crippen molar-refractivity contribution in [2.24, 2.45) is 5.14 Å². The quantitative estimate of drug-likeness (QED) is 0.438. The number of para-hydroxylation sites is 1. The molecule has 0 amide bonds. The third kappa shape index (κ3) is 4.07. The second-order valence-corrected chi connectivity index (χ2v) is 9.23. The summed E-state index contributed by atoms with van der Waals surface area (Å²) >= 11 is 1.24. The van der Waals surface area contributed by atoms with E-state index in [2.05, 4.69) is 19.7 Å². The summed E-state index contributed by atoms with van der Waals surface area (Å²) in [5.41, 5.74) is 3.27. The van der Waals surface area contributed by atoms with Crippen LogP contribution in [-0.2, 0) is 27.8 Å². The lowest BCUT2D eigenvalue weighted by molar-refractivity contribution is -0.116. The predicted octanol–water partition coefficient (Wildman–Crippen LogP) is 2.55. The standard InChI is InChI=1S/C20H19N5O3S2/c1-2-25-17-6-4-3-5-16(17)18-19(25)22-20(24-23-18)29-12-14(26)11-13-7-9-15(10-8-13)30(21,27)28/h3-10H,2,11-12H2,1H3,(H2,21,27,28). The average molecular weight is 442 g/mol. The van der Waals surface area contributed by atoms with Crippen molar-refractivity contribution in [1.82, 2.24) is 19.7 Å². The molecule has 0 aliphatic rings. The molecule has 0 atom stereocenters. The molecule has 30 heavy (non-hydrogen) atoms. The number of primary sulfonamides is 1. The molecule has 0 saturated carbocycles. The highest BCUT2D eigenvalue weighted by molar-refractivity contribution is 7.99. The highest BCUT2D eigenvalue weighted by Crippen LogP contribution is 2.27. The van der Waals surface area contributed by atoms with Crippen molar-refractivity contribution < 1.29 is 13.2 Å². The zero-order chi connectivity index (χ0) is 21.3. The van der Waals surface area contributed by atoms with Crippen LogP contribution in [0.3, 0.4) is 0 Å². The highest BCUT2D eigenvalue weighted by Gasteiger charge is 2.15. The number of aromatic nitrogens is 4. The molecule has 0 aliphatic carbocycles. The lowest BCUT2D eigenvalue weighted by Crippen LogP contribution is -2.12. The van der Waals surface area contributed by atoms with E-state index >= 15 is 0 Å². The van der Waals surface area contributed by atoms with Crippen LogP contribution in [0.5, 0.6) is 0 Å². The minimum atomic E-state index is -3.74. The van der Waals surface area contributed by atoms with E-state index in [0.717, 1.165) is 28.6 Å². The molecule has 154 valence electrons. The Morgan fingerprint density at radius 1 is 1.10 bits per heavy atom. The third-order valence-corrected chi connectivity index (χ3v) is 6.51. The number of fused-ring (bicyclic) bond motifs is 3. The number of nitrogens with zero attached hydrogens (tertiary/aromatic N) is 4. The summed E-state index contributed by atoms with van der Waals surface area (Å²) in [6, 6.07) is 13.9. The summed E-state index contributed by atoms with van der Waals surface area (Å²) in [6.45, 7) is 2.80. The Labute approximate surface area is 177 Å². The van der Waals surface area contributed by atoms with Crippen molar-refractivity contribution in [1.29, 1.82) is 0 Å². The number of carbonyl (C=O) groups is 1.